The normalized spacial score (nSPS) is 21.5. The van der Waals surface area contributed by atoms with Crippen LogP contribution < -0.4 is 5.32 Å². The Morgan fingerprint density at radius 2 is 1.96 bits per heavy atom. The quantitative estimate of drug-likeness (QED) is 0.877. The maximum atomic E-state index is 12.3. The Morgan fingerprint density at radius 3 is 2.83 bits per heavy atom. The molecule has 0 aliphatic heterocycles. The number of para-hydroxylation sites is 1. The van der Waals surface area contributed by atoms with Gasteiger partial charge in [0.2, 0.25) is 5.91 Å². The Kier molecular flexibility index (Phi) is 4.11. The number of aromatic amines is 1. The summed E-state index contributed by atoms with van der Waals surface area (Å²) in [6.07, 6.45) is 10.4. The van der Waals surface area contributed by atoms with Gasteiger partial charge in [0.25, 0.3) is 0 Å². The minimum atomic E-state index is 0.245. The summed E-state index contributed by atoms with van der Waals surface area (Å²) in [6, 6.07) is 8.74. The lowest BCUT2D eigenvalue weighted by atomic mass is 9.86. The molecule has 2 aliphatic carbocycles. The van der Waals surface area contributed by atoms with Gasteiger partial charge in [-0.3, -0.25) is 4.79 Å². The topological polar surface area (TPSA) is 44.9 Å². The Hall–Kier alpha value is -1.77. The first kappa shape index (κ1) is 14.8. The molecule has 1 saturated carbocycles. The lowest BCUT2D eigenvalue weighted by Crippen LogP contribution is -2.35. The third kappa shape index (κ3) is 3.15. The summed E-state index contributed by atoms with van der Waals surface area (Å²) in [6.45, 7) is 0. The number of carbonyl (C=O) groups excluding carboxylic acids is 1. The lowest BCUT2D eigenvalue weighted by molar-refractivity contribution is -0.122. The maximum absolute atomic E-state index is 12.3. The van der Waals surface area contributed by atoms with E-state index in [1.807, 2.05) is 0 Å². The summed E-state index contributed by atoms with van der Waals surface area (Å²) in [7, 11) is 0. The second-order valence-electron chi connectivity index (χ2n) is 7.34. The van der Waals surface area contributed by atoms with Crippen molar-refractivity contribution in [1.82, 2.24) is 10.3 Å². The molecule has 1 atom stereocenters. The van der Waals surface area contributed by atoms with Crippen LogP contribution in [-0.2, 0) is 17.6 Å². The molecule has 122 valence electrons. The number of fused-ring (bicyclic) bond motifs is 3. The highest BCUT2D eigenvalue weighted by atomic mass is 16.1. The summed E-state index contributed by atoms with van der Waals surface area (Å²) >= 11 is 0. The van der Waals surface area contributed by atoms with E-state index in [9.17, 15) is 4.79 Å². The SMILES string of the molecule is O=C(CCC1CCCCC1)NC1Cc2[nH]c3ccccc3c2C1. The van der Waals surface area contributed by atoms with Crippen LogP contribution in [0.25, 0.3) is 10.9 Å². The van der Waals surface area contributed by atoms with Crippen molar-refractivity contribution < 1.29 is 4.79 Å². The summed E-state index contributed by atoms with van der Waals surface area (Å²) in [5, 5.41) is 4.58. The van der Waals surface area contributed by atoms with Crippen LogP contribution >= 0.6 is 0 Å². The van der Waals surface area contributed by atoms with Crippen LogP contribution in [0.3, 0.4) is 0 Å². The highest BCUT2D eigenvalue weighted by Gasteiger charge is 2.26. The summed E-state index contributed by atoms with van der Waals surface area (Å²) in [5.74, 6) is 1.03. The fourth-order valence-corrected chi connectivity index (χ4v) is 4.44. The number of amides is 1. The smallest absolute Gasteiger partial charge is 0.220 e. The molecule has 1 fully saturated rings. The molecule has 1 unspecified atom stereocenters. The predicted octanol–water partition coefficient (Wildman–Crippen LogP) is 4.11. The van der Waals surface area contributed by atoms with E-state index >= 15 is 0 Å². The van der Waals surface area contributed by atoms with Gasteiger partial charge < -0.3 is 10.3 Å². The van der Waals surface area contributed by atoms with Crippen LogP contribution in [0.5, 0.6) is 0 Å². The largest absolute Gasteiger partial charge is 0.358 e. The molecule has 23 heavy (non-hydrogen) atoms. The van der Waals surface area contributed by atoms with E-state index in [1.54, 1.807) is 0 Å². The molecule has 2 N–H and O–H groups in total. The van der Waals surface area contributed by atoms with Gasteiger partial charge in [0, 0.05) is 35.5 Å². The third-order valence-corrected chi connectivity index (χ3v) is 5.67. The van der Waals surface area contributed by atoms with E-state index in [1.165, 1.54) is 54.3 Å². The van der Waals surface area contributed by atoms with Gasteiger partial charge in [-0.25, -0.2) is 0 Å². The summed E-state index contributed by atoms with van der Waals surface area (Å²) in [5.41, 5.74) is 3.93. The average Bonchev–Trinajstić information content (AvgIpc) is 3.11. The first-order valence-electron chi connectivity index (χ1n) is 9.17. The molecular formula is C20H26N2O. The second-order valence-corrected chi connectivity index (χ2v) is 7.34. The number of aromatic nitrogens is 1. The summed E-state index contributed by atoms with van der Waals surface area (Å²) in [4.78, 5) is 15.8. The van der Waals surface area contributed by atoms with E-state index in [0.717, 1.165) is 25.2 Å². The van der Waals surface area contributed by atoms with Crippen molar-refractivity contribution in [1.29, 1.82) is 0 Å². The van der Waals surface area contributed by atoms with E-state index in [2.05, 4.69) is 34.6 Å². The van der Waals surface area contributed by atoms with Crippen LogP contribution in [0.2, 0.25) is 0 Å². The zero-order valence-electron chi connectivity index (χ0n) is 13.7. The Bertz CT molecular complexity index is 697. The number of hydrogen-bond acceptors (Lipinski definition) is 1. The monoisotopic (exact) mass is 310 g/mol. The highest BCUT2D eigenvalue weighted by molar-refractivity contribution is 5.85. The van der Waals surface area contributed by atoms with Gasteiger partial charge in [-0.15, -0.1) is 0 Å². The number of H-pyrrole nitrogens is 1. The van der Waals surface area contributed by atoms with Crippen LogP contribution in [0.1, 0.15) is 56.2 Å². The van der Waals surface area contributed by atoms with Crippen LogP contribution in [0.15, 0.2) is 24.3 Å². The van der Waals surface area contributed by atoms with Crippen molar-refractivity contribution in [2.24, 2.45) is 5.92 Å². The molecule has 1 aromatic carbocycles. The standard InChI is InChI=1S/C20H26N2O/c23-20(11-10-14-6-2-1-3-7-14)21-15-12-17-16-8-4-5-9-18(16)22-19(17)13-15/h4-5,8-9,14-15,22H,1-3,6-7,10-13H2,(H,21,23). The molecule has 0 bridgehead atoms. The Morgan fingerprint density at radius 1 is 1.13 bits per heavy atom. The van der Waals surface area contributed by atoms with Gasteiger partial charge in [-0.05, 0) is 30.4 Å². The lowest BCUT2D eigenvalue weighted by Gasteiger charge is -2.21. The Labute approximate surface area is 137 Å². The number of carbonyl (C=O) groups is 1. The van der Waals surface area contributed by atoms with Crippen molar-refractivity contribution >= 4 is 16.8 Å². The van der Waals surface area contributed by atoms with Gasteiger partial charge in [-0.1, -0.05) is 50.3 Å². The molecule has 1 aromatic heterocycles. The second kappa shape index (κ2) is 6.38. The summed E-state index contributed by atoms with van der Waals surface area (Å²) < 4.78 is 0. The van der Waals surface area contributed by atoms with Crippen molar-refractivity contribution in [2.75, 3.05) is 0 Å². The Balaban J connectivity index is 1.31. The van der Waals surface area contributed by atoms with Crippen molar-refractivity contribution in [3.63, 3.8) is 0 Å². The minimum Gasteiger partial charge on any atom is -0.358 e. The highest BCUT2D eigenvalue weighted by Crippen LogP contribution is 2.30. The molecule has 2 aromatic rings. The van der Waals surface area contributed by atoms with Gasteiger partial charge >= 0.3 is 0 Å². The van der Waals surface area contributed by atoms with Crippen LogP contribution in [-0.4, -0.2) is 16.9 Å². The maximum Gasteiger partial charge on any atom is 0.220 e. The number of rotatable bonds is 4. The minimum absolute atomic E-state index is 0.245. The van der Waals surface area contributed by atoms with Gasteiger partial charge in [0.1, 0.15) is 0 Å². The van der Waals surface area contributed by atoms with Gasteiger partial charge in [-0.2, -0.15) is 0 Å². The molecule has 1 heterocycles. The zero-order valence-corrected chi connectivity index (χ0v) is 13.7. The van der Waals surface area contributed by atoms with Crippen molar-refractivity contribution in [3.8, 4) is 0 Å². The molecule has 1 amide bonds. The van der Waals surface area contributed by atoms with Crippen LogP contribution in [0.4, 0.5) is 0 Å². The molecule has 2 aliphatic rings. The number of nitrogens with one attached hydrogen (secondary N) is 2. The fourth-order valence-electron chi connectivity index (χ4n) is 4.44. The molecule has 0 spiro atoms. The molecule has 0 saturated heterocycles. The number of hydrogen-bond donors (Lipinski definition) is 2. The molecule has 0 radical (unpaired) electrons. The number of benzene rings is 1. The van der Waals surface area contributed by atoms with Crippen molar-refractivity contribution in [3.05, 3.63) is 35.5 Å². The first-order chi connectivity index (χ1) is 11.3. The van der Waals surface area contributed by atoms with E-state index in [4.69, 9.17) is 0 Å². The molecule has 3 heteroatoms. The van der Waals surface area contributed by atoms with E-state index < -0.39 is 0 Å². The molecular weight excluding hydrogens is 284 g/mol. The van der Waals surface area contributed by atoms with Gasteiger partial charge in [0.15, 0.2) is 0 Å². The fraction of sp³-hybridized carbons (Fsp3) is 0.550. The van der Waals surface area contributed by atoms with Gasteiger partial charge in [0.05, 0.1) is 0 Å². The first-order valence-corrected chi connectivity index (χ1v) is 9.17. The third-order valence-electron chi connectivity index (χ3n) is 5.67. The van der Waals surface area contributed by atoms with E-state index in [-0.39, 0.29) is 11.9 Å². The predicted molar refractivity (Wildman–Crippen MR) is 93.4 cm³/mol. The van der Waals surface area contributed by atoms with E-state index in [0.29, 0.717) is 6.42 Å². The zero-order chi connectivity index (χ0) is 15.6. The average molecular weight is 310 g/mol. The molecule has 4 rings (SSSR count). The van der Waals surface area contributed by atoms with Crippen LogP contribution in [0, 0.1) is 5.92 Å². The van der Waals surface area contributed by atoms with Crippen molar-refractivity contribution in [2.45, 2.75) is 63.8 Å². The molecule has 3 nitrogen and oxygen atoms in total.